The van der Waals surface area contributed by atoms with Crippen molar-refractivity contribution >= 4 is 0 Å². The van der Waals surface area contributed by atoms with E-state index in [-0.39, 0.29) is 18.1 Å². The third-order valence-electron chi connectivity index (χ3n) is 3.73. The van der Waals surface area contributed by atoms with Crippen molar-refractivity contribution in [2.24, 2.45) is 5.92 Å². The number of allylic oxidation sites excluding steroid dienone is 1. The second-order valence-corrected chi connectivity index (χ2v) is 4.71. The normalized spacial score (nSPS) is 29.4. The molecule has 0 bridgehead atoms. The molecule has 0 N–H and O–H groups in total. The minimum atomic E-state index is -0.308. The van der Waals surface area contributed by atoms with Crippen molar-refractivity contribution in [3.05, 3.63) is 47.4 Å². The number of benzene rings is 1. The Labute approximate surface area is 112 Å². The van der Waals surface area contributed by atoms with E-state index in [4.69, 9.17) is 14.2 Å². The number of ether oxygens (including phenoxy) is 3. The summed E-state index contributed by atoms with van der Waals surface area (Å²) in [4.78, 5) is 0. The molecule has 4 nitrogen and oxygen atoms in total. The van der Waals surface area contributed by atoms with Crippen molar-refractivity contribution in [2.75, 3.05) is 13.7 Å². The number of hydrogen-bond acceptors (Lipinski definition) is 4. The Hall–Kier alpha value is -1.99. The van der Waals surface area contributed by atoms with Crippen molar-refractivity contribution in [1.29, 1.82) is 5.26 Å². The Kier molecular flexibility index (Phi) is 3.14. The minimum Gasteiger partial charge on any atom is -0.468 e. The molecule has 4 heteroatoms. The first-order valence-corrected chi connectivity index (χ1v) is 6.36. The predicted molar refractivity (Wildman–Crippen MR) is 67.8 cm³/mol. The fourth-order valence-electron chi connectivity index (χ4n) is 2.88. The van der Waals surface area contributed by atoms with Crippen molar-refractivity contribution in [1.82, 2.24) is 0 Å². The van der Waals surface area contributed by atoms with Gasteiger partial charge in [-0.25, -0.2) is 0 Å². The van der Waals surface area contributed by atoms with E-state index in [9.17, 15) is 5.26 Å². The van der Waals surface area contributed by atoms with Gasteiger partial charge in [-0.2, -0.15) is 5.26 Å². The maximum absolute atomic E-state index is 9.44. The molecule has 0 saturated carbocycles. The summed E-state index contributed by atoms with van der Waals surface area (Å²) in [6, 6.07) is 12.3. The molecule has 3 rings (SSSR count). The van der Waals surface area contributed by atoms with Crippen LogP contribution >= 0.6 is 0 Å². The summed E-state index contributed by atoms with van der Waals surface area (Å²) in [5.74, 6) is 0.456. The van der Waals surface area contributed by atoms with Crippen LogP contribution in [0.25, 0.3) is 0 Å². The minimum absolute atomic E-state index is 0.0117. The van der Waals surface area contributed by atoms with E-state index >= 15 is 0 Å². The fraction of sp³-hybridized carbons (Fsp3) is 0.400. The number of nitriles is 1. The van der Waals surface area contributed by atoms with E-state index in [0.717, 1.165) is 12.0 Å². The molecule has 2 aliphatic rings. The molecule has 19 heavy (non-hydrogen) atoms. The lowest BCUT2D eigenvalue weighted by molar-refractivity contribution is -0.149. The lowest BCUT2D eigenvalue weighted by Gasteiger charge is -2.33. The zero-order valence-corrected chi connectivity index (χ0v) is 10.7. The summed E-state index contributed by atoms with van der Waals surface area (Å²) in [7, 11) is 1.52. The predicted octanol–water partition coefficient (Wildman–Crippen LogP) is 2.54. The second-order valence-electron chi connectivity index (χ2n) is 4.71. The quantitative estimate of drug-likeness (QED) is 0.817. The zero-order chi connectivity index (χ0) is 13.2. The van der Waals surface area contributed by atoms with Gasteiger partial charge in [-0.05, 0) is 12.0 Å². The Balaban J connectivity index is 2.08. The van der Waals surface area contributed by atoms with Crippen LogP contribution in [0.15, 0.2) is 41.9 Å². The van der Waals surface area contributed by atoms with E-state index in [1.807, 2.05) is 30.3 Å². The van der Waals surface area contributed by atoms with Gasteiger partial charge < -0.3 is 14.2 Å². The molecule has 3 atom stereocenters. The molecule has 2 heterocycles. The summed E-state index contributed by atoms with van der Waals surface area (Å²) in [5.41, 5.74) is 1.66. The highest BCUT2D eigenvalue weighted by Gasteiger charge is 2.45. The first-order chi connectivity index (χ1) is 9.35. The van der Waals surface area contributed by atoms with Crippen LogP contribution in [0, 0.1) is 17.2 Å². The monoisotopic (exact) mass is 257 g/mol. The average molecular weight is 257 g/mol. The van der Waals surface area contributed by atoms with Crippen LogP contribution < -0.4 is 0 Å². The fourth-order valence-corrected chi connectivity index (χ4v) is 2.88. The first-order valence-electron chi connectivity index (χ1n) is 6.36. The molecule has 0 aromatic heterocycles. The van der Waals surface area contributed by atoms with Crippen LogP contribution in [0.4, 0.5) is 0 Å². The third-order valence-corrected chi connectivity index (χ3v) is 3.73. The number of nitrogens with zero attached hydrogens (tertiary/aromatic N) is 1. The molecule has 3 unspecified atom stereocenters. The molecule has 0 amide bonds. The summed E-state index contributed by atoms with van der Waals surface area (Å²) in [6.07, 6.45) is 0.587. The van der Waals surface area contributed by atoms with Crippen molar-refractivity contribution in [3.8, 4) is 6.07 Å². The van der Waals surface area contributed by atoms with Gasteiger partial charge in [0.25, 0.3) is 5.95 Å². The van der Waals surface area contributed by atoms with Gasteiger partial charge in [0.1, 0.15) is 11.6 Å². The molecule has 0 radical (unpaired) electrons. The lowest BCUT2D eigenvalue weighted by Crippen LogP contribution is -2.32. The SMILES string of the molecule is COC1=C(C#N)C(c2ccccc2)C2CCOC2O1. The van der Waals surface area contributed by atoms with E-state index in [1.165, 1.54) is 7.11 Å². The molecule has 98 valence electrons. The van der Waals surface area contributed by atoms with Gasteiger partial charge in [-0.15, -0.1) is 0 Å². The van der Waals surface area contributed by atoms with Crippen LogP contribution in [-0.2, 0) is 14.2 Å². The van der Waals surface area contributed by atoms with Crippen molar-refractivity contribution in [2.45, 2.75) is 18.6 Å². The Morgan fingerprint density at radius 1 is 1.32 bits per heavy atom. The van der Waals surface area contributed by atoms with Gasteiger partial charge >= 0.3 is 0 Å². The Bertz CT molecular complexity index is 532. The summed E-state index contributed by atoms with van der Waals surface area (Å²) in [5, 5.41) is 9.44. The molecule has 0 aliphatic carbocycles. The maximum atomic E-state index is 9.44. The zero-order valence-electron chi connectivity index (χ0n) is 10.7. The van der Waals surface area contributed by atoms with Crippen molar-refractivity contribution in [3.63, 3.8) is 0 Å². The number of fused-ring (bicyclic) bond motifs is 1. The highest BCUT2D eigenvalue weighted by molar-refractivity contribution is 5.40. The van der Waals surface area contributed by atoms with Gasteiger partial charge in [0.2, 0.25) is 6.29 Å². The standard InChI is InChI=1S/C15H15NO3/c1-17-14-12(9-16)13(10-5-3-2-4-6-10)11-7-8-18-15(11)19-14/h2-6,11,13,15H,7-8H2,1H3. The highest BCUT2D eigenvalue weighted by atomic mass is 16.8. The number of hydrogen-bond donors (Lipinski definition) is 0. The van der Waals surface area contributed by atoms with Gasteiger partial charge in [0, 0.05) is 11.8 Å². The van der Waals surface area contributed by atoms with Gasteiger partial charge in [0.05, 0.1) is 13.7 Å². The molecular formula is C15H15NO3. The molecule has 1 saturated heterocycles. The van der Waals surface area contributed by atoms with E-state index in [0.29, 0.717) is 18.1 Å². The first kappa shape index (κ1) is 12.1. The van der Waals surface area contributed by atoms with Crippen molar-refractivity contribution < 1.29 is 14.2 Å². The van der Waals surface area contributed by atoms with Crippen LogP contribution in [0.1, 0.15) is 17.9 Å². The third kappa shape index (κ3) is 1.96. The van der Waals surface area contributed by atoms with Gasteiger partial charge in [-0.1, -0.05) is 30.3 Å². The average Bonchev–Trinajstić information content (AvgIpc) is 2.93. The summed E-state index contributed by atoms with van der Waals surface area (Å²) in [6.45, 7) is 0.661. The topological polar surface area (TPSA) is 51.5 Å². The lowest BCUT2D eigenvalue weighted by atomic mass is 9.78. The molecular weight excluding hydrogens is 242 g/mol. The largest absolute Gasteiger partial charge is 0.468 e. The van der Waals surface area contributed by atoms with Crippen LogP contribution in [0.3, 0.4) is 0 Å². The van der Waals surface area contributed by atoms with E-state index in [2.05, 4.69) is 6.07 Å². The van der Waals surface area contributed by atoms with E-state index < -0.39 is 0 Å². The van der Waals surface area contributed by atoms with Crippen LogP contribution in [0.2, 0.25) is 0 Å². The van der Waals surface area contributed by atoms with Crippen LogP contribution in [0.5, 0.6) is 0 Å². The molecule has 0 spiro atoms. The molecule has 1 fully saturated rings. The smallest absolute Gasteiger partial charge is 0.296 e. The van der Waals surface area contributed by atoms with E-state index in [1.54, 1.807) is 0 Å². The number of rotatable bonds is 2. The Morgan fingerprint density at radius 2 is 2.11 bits per heavy atom. The highest BCUT2D eigenvalue weighted by Crippen LogP contribution is 2.45. The van der Waals surface area contributed by atoms with Gasteiger partial charge in [0.15, 0.2) is 0 Å². The molecule has 1 aromatic carbocycles. The number of methoxy groups -OCH3 is 1. The van der Waals surface area contributed by atoms with Crippen LogP contribution in [-0.4, -0.2) is 20.0 Å². The summed E-state index contributed by atoms with van der Waals surface area (Å²) >= 11 is 0. The summed E-state index contributed by atoms with van der Waals surface area (Å²) < 4.78 is 16.4. The molecule has 2 aliphatic heterocycles. The molecule has 1 aromatic rings. The maximum Gasteiger partial charge on any atom is 0.296 e. The second kappa shape index (κ2) is 4.94. The van der Waals surface area contributed by atoms with Gasteiger partial charge in [-0.3, -0.25) is 0 Å². The Morgan fingerprint density at radius 3 is 2.79 bits per heavy atom.